The van der Waals surface area contributed by atoms with Crippen LogP contribution < -0.4 is 15.4 Å². The highest BCUT2D eigenvalue weighted by Crippen LogP contribution is 2.16. The summed E-state index contributed by atoms with van der Waals surface area (Å²) in [5.41, 5.74) is 2.04. The Balaban J connectivity index is 1.69. The molecule has 0 atom stereocenters. The molecule has 0 aliphatic carbocycles. The Morgan fingerprint density at radius 2 is 1.73 bits per heavy atom. The van der Waals surface area contributed by atoms with Crippen molar-refractivity contribution < 1.29 is 9.53 Å². The van der Waals surface area contributed by atoms with E-state index in [9.17, 15) is 4.79 Å². The van der Waals surface area contributed by atoms with E-state index >= 15 is 0 Å². The molecule has 0 aromatic heterocycles. The molecule has 2 N–H and O–H groups in total. The number of urea groups is 1. The Morgan fingerprint density at radius 3 is 2.36 bits per heavy atom. The molecule has 0 saturated carbocycles. The number of anilines is 1. The molecule has 0 unspecified atom stereocenters. The summed E-state index contributed by atoms with van der Waals surface area (Å²) in [5, 5.41) is 5.56. The number of para-hydroxylation sites is 1. The molecule has 22 heavy (non-hydrogen) atoms. The van der Waals surface area contributed by atoms with Crippen LogP contribution in [0.1, 0.15) is 25.3 Å². The monoisotopic (exact) mass is 298 g/mol. The lowest BCUT2D eigenvalue weighted by atomic mass is 10.0. The lowest BCUT2D eigenvalue weighted by Gasteiger charge is -2.10. The van der Waals surface area contributed by atoms with Gasteiger partial charge in [-0.15, -0.1) is 0 Å². The summed E-state index contributed by atoms with van der Waals surface area (Å²) < 4.78 is 5.51. The summed E-state index contributed by atoms with van der Waals surface area (Å²) in [6, 6.07) is 17.2. The van der Waals surface area contributed by atoms with Gasteiger partial charge in [0.25, 0.3) is 0 Å². The number of ether oxygens (including phenoxy) is 1. The minimum Gasteiger partial charge on any atom is -0.492 e. The van der Waals surface area contributed by atoms with Crippen molar-refractivity contribution in [3.05, 3.63) is 60.2 Å². The highest BCUT2D eigenvalue weighted by Gasteiger charge is 2.03. The lowest BCUT2D eigenvalue weighted by Crippen LogP contribution is -2.32. The van der Waals surface area contributed by atoms with Crippen molar-refractivity contribution in [1.82, 2.24) is 5.32 Å². The number of carbonyl (C=O) groups is 1. The molecule has 2 rings (SSSR count). The number of benzene rings is 2. The maximum absolute atomic E-state index is 11.8. The van der Waals surface area contributed by atoms with E-state index < -0.39 is 0 Å². The first-order chi connectivity index (χ1) is 10.6. The van der Waals surface area contributed by atoms with Crippen molar-refractivity contribution in [2.45, 2.75) is 19.8 Å². The van der Waals surface area contributed by atoms with E-state index in [0.717, 1.165) is 11.4 Å². The van der Waals surface area contributed by atoms with E-state index in [1.54, 1.807) is 0 Å². The highest BCUT2D eigenvalue weighted by molar-refractivity contribution is 5.89. The van der Waals surface area contributed by atoms with Gasteiger partial charge in [0.1, 0.15) is 12.4 Å². The summed E-state index contributed by atoms with van der Waals surface area (Å²) in [7, 11) is 0. The molecule has 0 radical (unpaired) electrons. The van der Waals surface area contributed by atoms with Gasteiger partial charge in [-0.05, 0) is 35.7 Å². The number of nitrogens with one attached hydrogen (secondary N) is 2. The molecule has 0 saturated heterocycles. The van der Waals surface area contributed by atoms with Gasteiger partial charge in [0.2, 0.25) is 0 Å². The molecular formula is C18H22N2O2. The quantitative estimate of drug-likeness (QED) is 0.792. The van der Waals surface area contributed by atoms with Crippen LogP contribution in [0.15, 0.2) is 54.6 Å². The first-order valence-corrected chi connectivity index (χ1v) is 7.48. The molecule has 0 fully saturated rings. The van der Waals surface area contributed by atoms with Gasteiger partial charge in [-0.1, -0.05) is 44.2 Å². The molecule has 4 heteroatoms. The first kappa shape index (κ1) is 15.9. The second-order valence-electron chi connectivity index (χ2n) is 5.32. The molecule has 2 aromatic rings. The maximum atomic E-state index is 11.8. The Morgan fingerprint density at radius 1 is 1.05 bits per heavy atom. The van der Waals surface area contributed by atoms with Crippen molar-refractivity contribution in [2.75, 3.05) is 18.5 Å². The standard InChI is InChI=1S/C18H22N2O2/c1-14(2)15-8-10-16(11-9-15)20-18(21)19-12-13-22-17-6-4-3-5-7-17/h3-11,14H,12-13H2,1-2H3,(H2,19,20,21). The van der Waals surface area contributed by atoms with Gasteiger partial charge in [-0.2, -0.15) is 0 Å². The molecule has 116 valence electrons. The topological polar surface area (TPSA) is 50.4 Å². The third-order valence-electron chi connectivity index (χ3n) is 3.23. The molecule has 4 nitrogen and oxygen atoms in total. The van der Waals surface area contributed by atoms with Gasteiger partial charge in [-0.25, -0.2) is 4.79 Å². The van der Waals surface area contributed by atoms with Crippen LogP contribution in [0.4, 0.5) is 10.5 Å². The van der Waals surface area contributed by atoms with Gasteiger partial charge < -0.3 is 15.4 Å². The largest absolute Gasteiger partial charge is 0.492 e. The molecule has 2 aromatic carbocycles. The zero-order valence-electron chi connectivity index (χ0n) is 13.0. The molecule has 2 amide bonds. The van der Waals surface area contributed by atoms with Crippen LogP contribution in [0.3, 0.4) is 0 Å². The fourth-order valence-corrected chi connectivity index (χ4v) is 1.98. The van der Waals surface area contributed by atoms with Crippen molar-refractivity contribution in [3.8, 4) is 5.75 Å². The van der Waals surface area contributed by atoms with Crippen LogP contribution in [0.5, 0.6) is 5.75 Å². The Bertz CT molecular complexity index is 580. The van der Waals surface area contributed by atoms with Crippen LogP contribution >= 0.6 is 0 Å². The maximum Gasteiger partial charge on any atom is 0.319 e. The first-order valence-electron chi connectivity index (χ1n) is 7.48. The van der Waals surface area contributed by atoms with Crippen molar-refractivity contribution >= 4 is 11.7 Å². The number of hydrogen-bond donors (Lipinski definition) is 2. The normalized spacial score (nSPS) is 10.3. The van der Waals surface area contributed by atoms with Gasteiger partial charge in [-0.3, -0.25) is 0 Å². The second kappa shape index (κ2) is 8.08. The molecule has 0 spiro atoms. The number of carbonyl (C=O) groups excluding carboxylic acids is 1. The molecule has 0 bridgehead atoms. The minimum absolute atomic E-state index is 0.228. The van der Waals surface area contributed by atoms with E-state index in [4.69, 9.17) is 4.74 Å². The van der Waals surface area contributed by atoms with Crippen LogP contribution in [0.25, 0.3) is 0 Å². The summed E-state index contributed by atoms with van der Waals surface area (Å²) in [5.74, 6) is 1.28. The van der Waals surface area contributed by atoms with Gasteiger partial charge in [0.15, 0.2) is 0 Å². The van der Waals surface area contributed by atoms with Crippen LogP contribution in [-0.2, 0) is 0 Å². The smallest absolute Gasteiger partial charge is 0.319 e. The van der Waals surface area contributed by atoms with Crippen LogP contribution in [-0.4, -0.2) is 19.2 Å². The van der Waals surface area contributed by atoms with E-state index in [0.29, 0.717) is 19.1 Å². The molecule has 0 heterocycles. The summed E-state index contributed by atoms with van der Waals surface area (Å²) >= 11 is 0. The zero-order valence-corrected chi connectivity index (χ0v) is 13.0. The van der Waals surface area contributed by atoms with E-state index in [1.165, 1.54) is 5.56 Å². The minimum atomic E-state index is -0.228. The predicted octanol–water partition coefficient (Wildman–Crippen LogP) is 4.01. The van der Waals surface area contributed by atoms with E-state index in [1.807, 2.05) is 54.6 Å². The van der Waals surface area contributed by atoms with Crippen molar-refractivity contribution in [3.63, 3.8) is 0 Å². The Labute approximate surface area is 131 Å². The Kier molecular flexibility index (Phi) is 5.83. The van der Waals surface area contributed by atoms with Crippen LogP contribution in [0.2, 0.25) is 0 Å². The fraction of sp³-hybridized carbons (Fsp3) is 0.278. The molecule has 0 aliphatic heterocycles. The predicted molar refractivity (Wildman–Crippen MR) is 89.5 cm³/mol. The van der Waals surface area contributed by atoms with E-state index in [-0.39, 0.29) is 6.03 Å². The van der Waals surface area contributed by atoms with E-state index in [2.05, 4.69) is 24.5 Å². The molecular weight excluding hydrogens is 276 g/mol. The third kappa shape index (κ3) is 5.13. The van der Waals surface area contributed by atoms with Crippen molar-refractivity contribution in [1.29, 1.82) is 0 Å². The Hall–Kier alpha value is -2.49. The lowest BCUT2D eigenvalue weighted by molar-refractivity contribution is 0.247. The highest BCUT2D eigenvalue weighted by atomic mass is 16.5. The number of rotatable bonds is 6. The fourth-order valence-electron chi connectivity index (χ4n) is 1.98. The van der Waals surface area contributed by atoms with Gasteiger partial charge in [0, 0.05) is 5.69 Å². The summed E-state index contributed by atoms with van der Waals surface area (Å²) in [6.45, 7) is 5.16. The third-order valence-corrected chi connectivity index (χ3v) is 3.23. The molecule has 0 aliphatic rings. The average Bonchev–Trinajstić information content (AvgIpc) is 2.53. The van der Waals surface area contributed by atoms with Gasteiger partial charge in [0.05, 0.1) is 6.54 Å². The van der Waals surface area contributed by atoms with Gasteiger partial charge >= 0.3 is 6.03 Å². The number of amides is 2. The SMILES string of the molecule is CC(C)c1ccc(NC(=O)NCCOc2ccccc2)cc1. The number of hydrogen-bond acceptors (Lipinski definition) is 2. The van der Waals surface area contributed by atoms with Crippen LogP contribution in [0, 0.1) is 0 Å². The van der Waals surface area contributed by atoms with Crippen molar-refractivity contribution in [2.24, 2.45) is 0 Å². The summed E-state index contributed by atoms with van der Waals surface area (Å²) in [4.78, 5) is 11.8. The zero-order chi connectivity index (χ0) is 15.8. The average molecular weight is 298 g/mol. The summed E-state index contributed by atoms with van der Waals surface area (Å²) in [6.07, 6.45) is 0. The second-order valence-corrected chi connectivity index (χ2v) is 5.32.